The van der Waals surface area contributed by atoms with Crippen molar-refractivity contribution in [2.45, 2.75) is 30.6 Å². The fourth-order valence-electron chi connectivity index (χ4n) is 2.50. The highest BCUT2D eigenvalue weighted by atomic mass is 32.2. The minimum atomic E-state index is 0.529. The molecule has 0 spiro atoms. The molecule has 1 fully saturated rings. The SMILES string of the molecule is CS[C@@H]1CCC[C@H]1Nc1ccc2nccnc2n1. The van der Waals surface area contributed by atoms with Gasteiger partial charge in [0.05, 0.1) is 0 Å². The topological polar surface area (TPSA) is 50.7 Å². The second-order valence-corrected chi connectivity index (χ2v) is 5.63. The van der Waals surface area contributed by atoms with Crippen LogP contribution in [-0.2, 0) is 0 Å². The van der Waals surface area contributed by atoms with Crippen LogP contribution in [0, 0.1) is 0 Å². The van der Waals surface area contributed by atoms with Gasteiger partial charge < -0.3 is 5.32 Å². The minimum Gasteiger partial charge on any atom is -0.366 e. The van der Waals surface area contributed by atoms with Crippen LogP contribution in [0.2, 0.25) is 0 Å². The van der Waals surface area contributed by atoms with Crippen LogP contribution in [0.3, 0.4) is 0 Å². The maximum atomic E-state index is 4.51. The lowest BCUT2D eigenvalue weighted by Gasteiger charge is -2.19. The standard InChI is InChI=1S/C13H16N4S/c1-18-11-4-2-3-9(11)16-12-6-5-10-13(17-12)15-8-7-14-10/h5-9,11H,2-4H2,1H3,(H,15,16,17)/t9-,11-/m1/s1. The maximum absolute atomic E-state index is 4.51. The molecule has 18 heavy (non-hydrogen) atoms. The number of anilines is 1. The molecule has 1 N–H and O–H groups in total. The molecule has 5 heteroatoms. The molecule has 1 aliphatic rings. The van der Waals surface area contributed by atoms with E-state index in [0.717, 1.165) is 11.3 Å². The van der Waals surface area contributed by atoms with Crippen molar-refractivity contribution in [2.75, 3.05) is 11.6 Å². The van der Waals surface area contributed by atoms with Crippen LogP contribution < -0.4 is 5.32 Å². The lowest BCUT2D eigenvalue weighted by Crippen LogP contribution is -2.26. The average Bonchev–Trinajstić information content (AvgIpc) is 2.86. The second kappa shape index (κ2) is 5.10. The first-order chi connectivity index (χ1) is 8.86. The first kappa shape index (κ1) is 11.7. The first-order valence-electron chi connectivity index (χ1n) is 6.24. The van der Waals surface area contributed by atoms with Crippen LogP contribution >= 0.6 is 11.8 Å². The lowest BCUT2D eigenvalue weighted by atomic mass is 10.2. The van der Waals surface area contributed by atoms with E-state index in [2.05, 4.69) is 26.5 Å². The Morgan fingerprint density at radius 1 is 1.22 bits per heavy atom. The molecule has 4 nitrogen and oxygen atoms in total. The highest BCUT2D eigenvalue weighted by Gasteiger charge is 2.26. The fourth-order valence-corrected chi connectivity index (χ4v) is 3.43. The van der Waals surface area contributed by atoms with Crippen LogP contribution in [0.4, 0.5) is 5.82 Å². The predicted octanol–water partition coefficient (Wildman–Crippen LogP) is 2.72. The fraction of sp³-hybridized carbons (Fsp3) is 0.462. The second-order valence-electron chi connectivity index (χ2n) is 4.55. The van der Waals surface area contributed by atoms with Gasteiger partial charge in [0, 0.05) is 23.7 Å². The number of aromatic nitrogens is 3. The summed E-state index contributed by atoms with van der Waals surface area (Å²) in [7, 11) is 0. The molecular formula is C13H16N4S. The number of hydrogen-bond acceptors (Lipinski definition) is 5. The predicted molar refractivity (Wildman–Crippen MR) is 75.9 cm³/mol. The molecule has 1 saturated carbocycles. The van der Waals surface area contributed by atoms with E-state index >= 15 is 0 Å². The molecule has 0 radical (unpaired) electrons. The normalized spacial score (nSPS) is 23.4. The number of nitrogens with zero attached hydrogens (tertiary/aromatic N) is 3. The van der Waals surface area contributed by atoms with E-state index in [1.165, 1.54) is 19.3 Å². The number of fused-ring (bicyclic) bond motifs is 1. The lowest BCUT2D eigenvalue weighted by molar-refractivity contribution is 0.764. The zero-order valence-electron chi connectivity index (χ0n) is 10.3. The molecule has 2 aromatic heterocycles. The number of pyridine rings is 1. The van der Waals surface area contributed by atoms with Gasteiger partial charge in [0.2, 0.25) is 0 Å². The van der Waals surface area contributed by atoms with E-state index < -0.39 is 0 Å². The summed E-state index contributed by atoms with van der Waals surface area (Å²) >= 11 is 1.95. The summed E-state index contributed by atoms with van der Waals surface area (Å²) in [6.45, 7) is 0. The van der Waals surface area contributed by atoms with Crippen LogP contribution in [0.25, 0.3) is 11.2 Å². The summed E-state index contributed by atoms with van der Waals surface area (Å²) in [5.74, 6) is 0.911. The molecule has 0 amide bonds. The van der Waals surface area contributed by atoms with Gasteiger partial charge in [-0.05, 0) is 31.2 Å². The van der Waals surface area contributed by atoms with Gasteiger partial charge in [-0.2, -0.15) is 11.8 Å². The van der Waals surface area contributed by atoms with Crippen molar-refractivity contribution in [3.8, 4) is 0 Å². The number of nitrogens with one attached hydrogen (secondary N) is 1. The highest BCUT2D eigenvalue weighted by Crippen LogP contribution is 2.30. The smallest absolute Gasteiger partial charge is 0.180 e. The number of rotatable bonds is 3. The van der Waals surface area contributed by atoms with Crippen LogP contribution in [0.1, 0.15) is 19.3 Å². The van der Waals surface area contributed by atoms with Crippen molar-refractivity contribution in [3.63, 3.8) is 0 Å². The molecule has 0 aliphatic heterocycles. The summed E-state index contributed by atoms with van der Waals surface area (Å²) in [4.78, 5) is 13.0. The van der Waals surface area contributed by atoms with Gasteiger partial charge in [-0.15, -0.1) is 0 Å². The summed E-state index contributed by atoms with van der Waals surface area (Å²) in [6, 6.07) is 4.49. The van der Waals surface area contributed by atoms with Crippen molar-refractivity contribution in [1.82, 2.24) is 15.0 Å². The van der Waals surface area contributed by atoms with Crippen molar-refractivity contribution >= 4 is 28.7 Å². The molecular weight excluding hydrogens is 244 g/mol. The van der Waals surface area contributed by atoms with Gasteiger partial charge in [0.1, 0.15) is 11.3 Å². The molecule has 0 bridgehead atoms. The van der Waals surface area contributed by atoms with Crippen LogP contribution in [-0.4, -0.2) is 32.5 Å². The Hall–Kier alpha value is -1.36. The third kappa shape index (κ3) is 2.27. The van der Waals surface area contributed by atoms with Gasteiger partial charge in [-0.3, -0.25) is 4.98 Å². The first-order valence-corrected chi connectivity index (χ1v) is 7.53. The van der Waals surface area contributed by atoms with Gasteiger partial charge in [-0.1, -0.05) is 6.42 Å². The number of thioether (sulfide) groups is 1. The monoisotopic (exact) mass is 260 g/mol. The largest absolute Gasteiger partial charge is 0.366 e. The van der Waals surface area contributed by atoms with Crippen LogP contribution in [0.5, 0.6) is 0 Å². The minimum absolute atomic E-state index is 0.529. The van der Waals surface area contributed by atoms with Gasteiger partial charge in [0.15, 0.2) is 5.65 Å². The van der Waals surface area contributed by atoms with Gasteiger partial charge in [0.25, 0.3) is 0 Å². The van der Waals surface area contributed by atoms with E-state index in [-0.39, 0.29) is 0 Å². The van der Waals surface area contributed by atoms with Gasteiger partial charge >= 0.3 is 0 Å². The molecule has 2 atom stereocenters. The van der Waals surface area contributed by atoms with Gasteiger partial charge in [-0.25, -0.2) is 9.97 Å². The summed E-state index contributed by atoms with van der Waals surface area (Å²) in [5, 5.41) is 4.23. The molecule has 0 saturated heterocycles. The highest BCUT2D eigenvalue weighted by molar-refractivity contribution is 7.99. The Bertz CT molecular complexity index is 545. The number of hydrogen-bond donors (Lipinski definition) is 1. The van der Waals surface area contributed by atoms with Crippen molar-refractivity contribution in [1.29, 1.82) is 0 Å². The zero-order chi connectivity index (χ0) is 12.4. The summed E-state index contributed by atoms with van der Waals surface area (Å²) in [6.07, 6.45) is 9.38. The average molecular weight is 260 g/mol. The Morgan fingerprint density at radius 3 is 3.00 bits per heavy atom. The summed E-state index contributed by atoms with van der Waals surface area (Å²) < 4.78 is 0. The van der Waals surface area contributed by atoms with Crippen molar-refractivity contribution in [2.24, 2.45) is 0 Å². The molecule has 3 rings (SSSR count). The quantitative estimate of drug-likeness (QED) is 0.919. The Labute approximate surface area is 111 Å². The third-order valence-corrected chi connectivity index (χ3v) is 4.59. The summed E-state index contributed by atoms with van der Waals surface area (Å²) in [5.41, 5.74) is 1.55. The Balaban J connectivity index is 1.82. The molecule has 0 aromatic carbocycles. The van der Waals surface area contributed by atoms with Crippen molar-refractivity contribution < 1.29 is 0 Å². The van der Waals surface area contributed by atoms with E-state index in [9.17, 15) is 0 Å². The van der Waals surface area contributed by atoms with E-state index in [4.69, 9.17) is 0 Å². The molecule has 2 aromatic rings. The molecule has 94 valence electrons. The third-order valence-electron chi connectivity index (χ3n) is 3.42. The Kier molecular flexibility index (Phi) is 3.32. The van der Waals surface area contributed by atoms with E-state index in [1.807, 2.05) is 23.9 Å². The Morgan fingerprint density at radius 2 is 2.11 bits per heavy atom. The maximum Gasteiger partial charge on any atom is 0.180 e. The van der Waals surface area contributed by atoms with Crippen molar-refractivity contribution in [3.05, 3.63) is 24.5 Å². The zero-order valence-corrected chi connectivity index (χ0v) is 11.2. The molecule has 2 heterocycles. The van der Waals surface area contributed by atoms with Crippen LogP contribution in [0.15, 0.2) is 24.5 Å². The molecule has 0 unspecified atom stereocenters. The molecule has 1 aliphatic carbocycles. The van der Waals surface area contributed by atoms with E-state index in [1.54, 1.807) is 12.4 Å². The van der Waals surface area contributed by atoms with E-state index in [0.29, 0.717) is 16.9 Å².